The summed E-state index contributed by atoms with van der Waals surface area (Å²) in [7, 11) is 0. The summed E-state index contributed by atoms with van der Waals surface area (Å²) in [4.78, 5) is 12.2. The topological polar surface area (TPSA) is 41.1 Å². The molecule has 2 atom stereocenters. The van der Waals surface area contributed by atoms with Gasteiger partial charge in [0.05, 0.1) is 11.1 Å². The zero-order chi connectivity index (χ0) is 19.9. The highest BCUT2D eigenvalue weighted by Gasteiger charge is 2.39. The van der Waals surface area contributed by atoms with Crippen LogP contribution in [0.4, 0.5) is 23.2 Å². The van der Waals surface area contributed by atoms with Crippen LogP contribution in [-0.2, 0) is 6.18 Å². The molecule has 2 aliphatic rings. The van der Waals surface area contributed by atoms with Crippen LogP contribution in [0.5, 0.6) is 0 Å². The predicted molar refractivity (Wildman–Crippen MR) is 97.7 cm³/mol. The maximum absolute atomic E-state index is 13.8. The molecule has 1 amide bonds. The smallest absolute Gasteiger partial charge is 0.322 e. The first-order chi connectivity index (χ1) is 13.3. The molecular weight excluding hydrogens is 372 g/mol. The van der Waals surface area contributed by atoms with Crippen molar-refractivity contribution >= 4 is 11.6 Å². The highest BCUT2D eigenvalue weighted by Crippen LogP contribution is 2.42. The average Bonchev–Trinajstić information content (AvgIpc) is 3.54. The summed E-state index contributed by atoms with van der Waals surface area (Å²) in [6.07, 6.45) is -0.941. The van der Waals surface area contributed by atoms with Crippen molar-refractivity contribution in [3.05, 3.63) is 65.0 Å². The fourth-order valence-electron chi connectivity index (χ4n) is 3.32. The first kappa shape index (κ1) is 18.9. The third kappa shape index (κ3) is 4.35. The Balaban J connectivity index is 1.38. The van der Waals surface area contributed by atoms with Crippen LogP contribution in [-0.4, -0.2) is 18.5 Å². The number of benzene rings is 2. The minimum Gasteiger partial charge on any atom is -0.322 e. The number of halogens is 4. The Morgan fingerprint density at radius 2 is 1.79 bits per heavy atom. The SMILES string of the molecule is O=C(Nc1ccc(C2CC2NCC2CC2)cc1)c1cc(C(F)(F)F)ccc1F. The highest BCUT2D eigenvalue weighted by atomic mass is 19.4. The molecule has 148 valence electrons. The zero-order valence-electron chi connectivity index (χ0n) is 15.0. The molecule has 3 nitrogen and oxygen atoms in total. The molecule has 0 heterocycles. The quantitative estimate of drug-likeness (QED) is 0.683. The third-order valence-corrected chi connectivity index (χ3v) is 5.29. The molecule has 2 aromatic rings. The Morgan fingerprint density at radius 1 is 1.07 bits per heavy atom. The van der Waals surface area contributed by atoms with E-state index >= 15 is 0 Å². The summed E-state index contributed by atoms with van der Waals surface area (Å²) >= 11 is 0. The highest BCUT2D eigenvalue weighted by molar-refractivity contribution is 6.04. The summed E-state index contributed by atoms with van der Waals surface area (Å²) < 4.78 is 52.2. The predicted octanol–water partition coefficient (Wildman–Crippen LogP) is 4.95. The zero-order valence-corrected chi connectivity index (χ0v) is 15.0. The number of nitrogens with one attached hydrogen (secondary N) is 2. The van der Waals surface area contributed by atoms with E-state index < -0.39 is 29.0 Å². The van der Waals surface area contributed by atoms with Gasteiger partial charge in [-0.25, -0.2) is 4.39 Å². The number of alkyl halides is 3. The third-order valence-electron chi connectivity index (χ3n) is 5.29. The van der Waals surface area contributed by atoms with Crippen molar-refractivity contribution in [1.82, 2.24) is 5.32 Å². The Morgan fingerprint density at radius 3 is 2.43 bits per heavy atom. The van der Waals surface area contributed by atoms with Gasteiger partial charge in [0.1, 0.15) is 5.82 Å². The van der Waals surface area contributed by atoms with Gasteiger partial charge in [-0.15, -0.1) is 0 Å². The Bertz CT molecular complexity index is 875. The average molecular weight is 392 g/mol. The summed E-state index contributed by atoms with van der Waals surface area (Å²) in [5.41, 5.74) is -0.136. The van der Waals surface area contributed by atoms with Crippen molar-refractivity contribution in [1.29, 1.82) is 0 Å². The van der Waals surface area contributed by atoms with Crippen molar-refractivity contribution < 1.29 is 22.4 Å². The van der Waals surface area contributed by atoms with Crippen molar-refractivity contribution in [2.45, 2.75) is 37.4 Å². The van der Waals surface area contributed by atoms with E-state index in [0.717, 1.165) is 24.4 Å². The maximum atomic E-state index is 13.8. The minimum absolute atomic E-state index is 0.411. The summed E-state index contributed by atoms with van der Waals surface area (Å²) in [6.45, 7) is 1.07. The van der Waals surface area contributed by atoms with Crippen LogP contribution in [0.25, 0.3) is 0 Å². The molecule has 0 aromatic heterocycles. The van der Waals surface area contributed by atoms with Gasteiger partial charge >= 0.3 is 6.18 Å². The normalized spacial score (nSPS) is 21.4. The van der Waals surface area contributed by atoms with Gasteiger partial charge in [-0.05, 0) is 67.6 Å². The van der Waals surface area contributed by atoms with Gasteiger partial charge in [-0.3, -0.25) is 4.79 Å². The van der Waals surface area contributed by atoms with E-state index in [9.17, 15) is 22.4 Å². The first-order valence-electron chi connectivity index (χ1n) is 9.32. The number of carbonyl (C=O) groups excluding carboxylic acids is 1. The Hall–Kier alpha value is -2.41. The molecule has 2 aromatic carbocycles. The van der Waals surface area contributed by atoms with Crippen LogP contribution in [0.2, 0.25) is 0 Å². The maximum Gasteiger partial charge on any atom is 0.416 e. The Kier molecular flexibility index (Phi) is 4.87. The largest absolute Gasteiger partial charge is 0.416 e. The lowest BCUT2D eigenvalue weighted by atomic mass is 10.1. The van der Waals surface area contributed by atoms with Crippen molar-refractivity contribution in [2.24, 2.45) is 5.92 Å². The van der Waals surface area contributed by atoms with Crippen molar-refractivity contribution in [3.8, 4) is 0 Å². The lowest BCUT2D eigenvalue weighted by Crippen LogP contribution is -2.20. The molecule has 0 aliphatic heterocycles. The van der Waals surface area contributed by atoms with Crippen LogP contribution in [0, 0.1) is 11.7 Å². The molecule has 0 saturated heterocycles. The van der Waals surface area contributed by atoms with Gasteiger partial charge in [0.2, 0.25) is 0 Å². The molecule has 2 saturated carbocycles. The fourth-order valence-corrected chi connectivity index (χ4v) is 3.32. The van der Waals surface area contributed by atoms with E-state index in [2.05, 4.69) is 10.6 Å². The molecule has 2 N–H and O–H groups in total. The molecule has 0 bridgehead atoms. The number of amides is 1. The fraction of sp³-hybridized carbons (Fsp3) is 0.381. The van der Waals surface area contributed by atoms with Crippen LogP contribution in [0.1, 0.15) is 46.7 Å². The van der Waals surface area contributed by atoms with Gasteiger partial charge in [0.25, 0.3) is 5.91 Å². The van der Waals surface area contributed by atoms with Crippen LogP contribution in [0.15, 0.2) is 42.5 Å². The van der Waals surface area contributed by atoms with Crippen LogP contribution in [0.3, 0.4) is 0 Å². The standard InChI is InChI=1S/C21H20F4N2O/c22-18-8-5-14(21(23,24)25)9-17(18)20(28)27-15-6-3-13(4-7-15)16-10-19(16)26-11-12-1-2-12/h3-9,12,16,19,26H,1-2,10-11H2,(H,27,28). The Labute approximate surface area is 160 Å². The lowest BCUT2D eigenvalue weighted by molar-refractivity contribution is -0.137. The summed E-state index contributed by atoms with van der Waals surface area (Å²) in [5.74, 6) is -0.629. The molecule has 2 aliphatic carbocycles. The molecule has 2 unspecified atom stereocenters. The van der Waals surface area contributed by atoms with E-state index in [-0.39, 0.29) is 0 Å². The van der Waals surface area contributed by atoms with E-state index in [4.69, 9.17) is 0 Å². The minimum atomic E-state index is -4.64. The summed E-state index contributed by atoms with van der Waals surface area (Å²) in [6, 6.07) is 9.44. The second-order valence-electron chi connectivity index (χ2n) is 7.57. The monoisotopic (exact) mass is 392 g/mol. The number of hydrogen-bond acceptors (Lipinski definition) is 2. The van der Waals surface area contributed by atoms with E-state index in [1.807, 2.05) is 12.1 Å². The number of carbonyl (C=O) groups is 1. The molecule has 2 fully saturated rings. The second kappa shape index (κ2) is 7.20. The van der Waals surface area contributed by atoms with Crippen LogP contribution < -0.4 is 10.6 Å². The molecular formula is C21H20F4N2O. The van der Waals surface area contributed by atoms with Gasteiger partial charge in [-0.1, -0.05) is 12.1 Å². The molecule has 0 spiro atoms. The van der Waals surface area contributed by atoms with E-state index in [1.54, 1.807) is 12.1 Å². The van der Waals surface area contributed by atoms with Gasteiger partial charge in [0, 0.05) is 17.6 Å². The van der Waals surface area contributed by atoms with Gasteiger partial charge in [0.15, 0.2) is 0 Å². The lowest BCUT2D eigenvalue weighted by Gasteiger charge is -2.11. The summed E-state index contributed by atoms with van der Waals surface area (Å²) in [5, 5.41) is 6.02. The van der Waals surface area contributed by atoms with Crippen molar-refractivity contribution in [2.75, 3.05) is 11.9 Å². The van der Waals surface area contributed by atoms with Crippen molar-refractivity contribution in [3.63, 3.8) is 0 Å². The molecule has 28 heavy (non-hydrogen) atoms. The number of anilines is 1. The van der Waals surface area contributed by atoms with Crippen LogP contribution >= 0.6 is 0 Å². The van der Waals surface area contributed by atoms with Gasteiger partial charge < -0.3 is 10.6 Å². The number of rotatable bonds is 6. The van der Waals surface area contributed by atoms with E-state index in [1.165, 1.54) is 12.8 Å². The first-order valence-corrected chi connectivity index (χ1v) is 9.32. The van der Waals surface area contributed by atoms with E-state index in [0.29, 0.717) is 35.8 Å². The van der Waals surface area contributed by atoms with Gasteiger partial charge in [-0.2, -0.15) is 13.2 Å². The molecule has 7 heteroatoms. The number of hydrogen-bond donors (Lipinski definition) is 2. The molecule has 4 rings (SSSR count). The molecule has 0 radical (unpaired) electrons. The second-order valence-corrected chi connectivity index (χ2v) is 7.57.